The van der Waals surface area contributed by atoms with Crippen molar-refractivity contribution in [2.75, 3.05) is 18.5 Å². The Kier molecular flexibility index (Phi) is 4.25. The van der Waals surface area contributed by atoms with E-state index in [1.165, 1.54) is 12.8 Å². The molecule has 0 aromatic heterocycles. The summed E-state index contributed by atoms with van der Waals surface area (Å²) in [5.74, 6) is 0.270. The molecule has 0 aromatic rings. The van der Waals surface area contributed by atoms with Crippen molar-refractivity contribution < 1.29 is 9.53 Å². The van der Waals surface area contributed by atoms with Gasteiger partial charge in [-0.25, -0.2) is 0 Å². The molecule has 2 aliphatic rings. The zero-order valence-electron chi connectivity index (χ0n) is 9.64. The number of carbonyl (C=O) groups excluding carboxylic acids is 1. The molecule has 16 heavy (non-hydrogen) atoms. The van der Waals surface area contributed by atoms with E-state index in [0.717, 1.165) is 37.6 Å². The first-order valence-corrected chi connectivity index (χ1v) is 7.34. The van der Waals surface area contributed by atoms with Crippen LogP contribution >= 0.6 is 15.9 Å². The van der Waals surface area contributed by atoms with E-state index in [1.807, 2.05) is 0 Å². The minimum Gasteiger partial charge on any atom is -0.381 e. The first kappa shape index (κ1) is 12.4. The zero-order chi connectivity index (χ0) is 11.4. The monoisotopic (exact) mass is 289 g/mol. The fourth-order valence-corrected chi connectivity index (χ4v) is 3.36. The Labute approximate surface area is 105 Å². The Morgan fingerprint density at radius 2 is 2.12 bits per heavy atom. The minimum absolute atomic E-state index is 0.0224. The lowest BCUT2D eigenvalue weighted by molar-refractivity contribution is -0.130. The van der Waals surface area contributed by atoms with Crippen LogP contribution in [0.5, 0.6) is 0 Å². The summed E-state index contributed by atoms with van der Waals surface area (Å²) in [5.41, 5.74) is 0.0224. The smallest absolute Gasteiger partial charge is 0.225 e. The Balaban J connectivity index is 1.89. The Bertz CT molecular complexity index is 245. The van der Waals surface area contributed by atoms with Crippen molar-refractivity contribution in [3.05, 3.63) is 0 Å². The number of carbonyl (C=O) groups is 1. The largest absolute Gasteiger partial charge is 0.381 e. The normalized spacial score (nSPS) is 28.9. The lowest BCUT2D eigenvalue weighted by atomic mass is 9.96. The second-order valence-corrected chi connectivity index (χ2v) is 5.59. The molecule has 92 valence electrons. The lowest BCUT2D eigenvalue weighted by Crippen LogP contribution is -2.51. The summed E-state index contributed by atoms with van der Waals surface area (Å²) in [5, 5.41) is 4.12. The van der Waals surface area contributed by atoms with Crippen molar-refractivity contribution in [3.8, 4) is 0 Å². The van der Waals surface area contributed by atoms with Crippen molar-refractivity contribution >= 4 is 21.8 Å². The molecule has 0 aromatic carbocycles. The molecule has 1 aliphatic heterocycles. The standard InChI is InChI=1S/C12H20BrNO2/c13-9-12(5-1-2-6-12)14-11(15)10-4-3-7-16-8-10/h10H,1-9H2,(H,14,15). The van der Waals surface area contributed by atoms with Crippen molar-refractivity contribution in [3.63, 3.8) is 0 Å². The van der Waals surface area contributed by atoms with Crippen LogP contribution in [-0.4, -0.2) is 30.0 Å². The molecule has 0 bridgehead atoms. The predicted molar refractivity (Wildman–Crippen MR) is 66.7 cm³/mol. The molecule has 1 N–H and O–H groups in total. The van der Waals surface area contributed by atoms with E-state index < -0.39 is 0 Å². The first-order chi connectivity index (χ1) is 7.76. The first-order valence-electron chi connectivity index (χ1n) is 6.21. The molecule has 1 atom stereocenters. The van der Waals surface area contributed by atoms with Gasteiger partial charge in [0.1, 0.15) is 0 Å². The SMILES string of the molecule is O=C(NC1(CBr)CCCC1)C1CCCOC1. The van der Waals surface area contributed by atoms with Crippen LogP contribution in [0.25, 0.3) is 0 Å². The van der Waals surface area contributed by atoms with Crippen LogP contribution in [0.3, 0.4) is 0 Å². The van der Waals surface area contributed by atoms with Crippen LogP contribution in [0.2, 0.25) is 0 Å². The number of hydrogen-bond acceptors (Lipinski definition) is 2. The molecule has 2 fully saturated rings. The van der Waals surface area contributed by atoms with Gasteiger partial charge < -0.3 is 10.1 Å². The van der Waals surface area contributed by atoms with E-state index in [2.05, 4.69) is 21.2 Å². The van der Waals surface area contributed by atoms with E-state index in [1.54, 1.807) is 0 Å². The molecule has 1 amide bonds. The number of nitrogens with one attached hydrogen (secondary N) is 1. The second kappa shape index (κ2) is 5.50. The molecule has 1 aliphatic carbocycles. The van der Waals surface area contributed by atoms with Crippen LogP contribution < -0.4 is 5.32 Å². The van der Waals surface area contributed by atoms with Gasteiger partial charge in [-0.05, 0) is 25.7 Å². The fourth-order valence-electron chi connectivity index (χ4n) is 2.65. The van der Waals surface area contributed by atoms with Crippen molar-refractivity contribution in [1.29, 1.82) is 0 Å². The molecule has 2 rings (SSSR count). The molecular formula is C12H20BrNO2. The van der Waals surface area contributed by atoms with Crippen LogP contribution in [0.15, 0.2) is 0 Å². The number of ether oxygens (including phenoxy) is 1. The van der Waals surface area contributed by atoms with Gasteiger partial charge in [-0.1, -0.05) is 28.8 Å². The van der Waals surface area contributed by atoms with Gasteiger partial charge in [0.15, 0.2) is 0 Å². The van der Waals surface area contributed by atoms with Crippen LogP contribution in [0.4, 0.5) is 0 Å². The fraction of sp³-hybridized carbons (Fsp3) is 0.917. The zero-order valence-corrected chi connectivity index (χ0v) is 11.2. The summed E-state index contributed by atoms with van der Waals surface area (Å²) in [6, 6.07) is 0. The van der Waals surface area contributed by atoms with Gasteiger partial charge in [0.2, 0.25) is 5.91 Å². The quantitative estimate of drug-likeness (QED) is 0.810. The Morgan fingerprint density at radius 1 is 1.38 bits per heavy atom. The molecular weight excluding hydrogens is 270 g/mol. The topological polar surface area (TPSA) is 38.3 Å². The molecule has 1 unspecified atom stereocenters. The van der Waals surface area contributed by atoms with Gasteiger partial charge in [-0.2, -0.15) is 0 Å². The van der Waals surface area contributed by atoms with Gasteiger partial charge >= 0.3 is 0 Å². The van der Waals surface area contributed by atoms with Gasteiger partial charge in [0.25, 0.3) is 0 Å². The highest BCUT2D eigenvalue weighted by Gasteiger charge is 2.36. The predicted octanol–water partition coefficient (Wildman–Crippen LogP) is 2.24. The molecule has 0 radical (unpaired) electrons. The Morgan fingerprint density at radius 3 is 2.69 bits per heavy atom. The molecule has 3 nitrogen and oxygen atoms in total. The van der Waals surface area contributed by atoms with Crippen molar-refractivity contribution in [2.45, 2.75) is 44.1 Å². The van der Waals surface area contributed by atoms with E-state index in [9.17, 15) is 4.79 Å². The maximum atomic E-state index is 12.1. The van der Waals surface area contributed by atoms with Crippen LogP contribution in [0.1, 0.15) is 38.5 Å². The van der Waals surface area contributed by atoms with E-state index in [0.29, 0.717) is 6.61 Å². The van der Waals surface area contributed by atoms with Crippen LogP contribution in [-0.2, 0) is 9.53 Å². The molecule has 4 heteroatoms. The Hall–Kier alpha value is -0.0900. The number of halogens is 1. The summed E-state index contributed by atoms with van der Waals surface area (Å²) in [7, 11) is 0. The van der Waals surface area contributed by atoms with E-state index in [-0.39, 0.29) is 17.4 Å². The number of alkyl halides is 1. The molecule has 1 heterocycles. The highest BCUT2D eigenvalue weighted by atomic mass is 79.9. The maximum Gasteiger partial charge on any atom is 0.225 e. The average Bonchev–Trinajstić information content (AvgIpc) is 2.79. The summed E-state index contributed by atoms with van der Waals surface area (Å²) in [6.45, 7) is 1.41. The summed E-state index contributed by atoms with van der Waals surface area (Å²) < 4.78 is 5.36. The number of hydrogen-bond donors (Lipinski definition) is 1. The molecule has 1 saturated carbocycles. The van der Waals surface area contributed by atoms with Crippen LogP contribution in [0, 0.1) is 5.92 Å². The third kappa shape index (κ3) is 2.77. The second-order valence-electron chi connectivity index (χ2n) is 5.02. The molecule has 0 spiro atoms. The average molecular weight is 290 g/mol. The van der Waals surface area contributed by atoms with Crippen molar-refractivity contribution in [1.82, 2.24) is 5.32 Å². The maximum absolute atomic E-state index is 12.1. The van der Waals surface area contributed by atoms with Gasteiger partial charge in [-0.3, -0.25) is 4.79 Å². The summed E-state index contributed by atoms with van der Waals surface area (Å²) >= 11 is 3.54. The lowest BCUT2D eigenvalue weighted by Gasteiger charge is -2.31. The summed E-state index contributed by atoms with van der Waals surface area (Å²) in [6.07, 6.45) is 6.67. The van der Waals surface area contributed by atoms with E-state index >= 15 is 0 Å². The third-order valence-corrected chi connectivity index (χ3v) is 4.81. The summed E-state index contributed by atoms with van der Waals surface area (Å²) in [4.78, 5) is 12.1. The highest BCUT2D eigenvalue weighted by molar-refractivity contribution is 9.09. The highest BCUT2D eigenvalue weighted by Crippen LogP contribution is 2.31. The van der Waals surface area contributed by atoms with E-state index in [4.69, 9.17) is 4.74 Å². The molecule has 1 saturated heterocycles. The van der Waals surface area contributed by atoms with Gasteiger partial charge in [-0.15, -0.1) is 0 Å². The van der Waals surface area contributed by atoms with Gasteiger partial charge in [0, 0.05) is 17.5 Å². The number of rotatable bonds is 3. The van der Waals surface area contributed by atoms with Crippen molar-refractivity contribution in [2.24, 2.45) is 5.92 Å². The number of amides is 1. The van der Waals surface area contributed by atoms with Gasteiger partial charge in [0.05, 0.1) is 12.5 Å². The third-order valence-electron chi connectivity index (χ3n) is 3.74. The minimum atomic E-state index is 0.0224.